The van der Waals surface area contributed by atoms with Gasteiger partial charge in [0.15, 0.2) is 10.6 Å². The monoisotopic (exact) mass is 937 g/mol. The zero-order chi connectivity index (χ0) is 45.0. The minimum atomic E-state index is -3.56. The van der Waals surface area contributed by atoms with E-state index >= 15 is 8.78 Å². The summed E-state index contributed by atoms with van der Waals surface area (Å²) in [6, 6.07) is 7.49. The van der Waals surface area contributed by atoms with E-state index in [1.807, 2.05) is 0 Å². The summed E-state index contributed by atoms with van der Waals surface area (Å²) in [5.74, 6) is 1.02. The Morgan fingerprint density at radius 2 is 1.73 bits per heavy atom. The fourth-order valence-electron chi connectivity index (χ4n) is 7.77. The summed E-state index contributed by atoms with van der Waals surface area (Å²) in [6.07, 6.45) is -3.82. The Labute approximate surface area is 369 Å². The van der Waals surface area contributed by atoms with Gasteiger partial charge in [0, 0.05) is 34.9 Å². The number of hydrogen-bond donors (Lipinski definition) is 2. The van der Waals surface area contributed by atoms with Gasteiger partial charge in [-0.15, -0.1) is 0 Å². The van der Waals surface area contributed by atoms with Crippen LogP contribution >= 0.6 is 23.5 Å². The van der Waals surface area contributed by atoms with Crippen LogP contribution in [0.1, 0.15) is 92.3 Å². The molecule has 1 amide bonds. The molecule has 3 aliphatic rings. The van der Waals surface area contributed by atoms with Crippen molar-refractivity contribution in [1.29, 1.82) is 0 Å². The SMILES string of the molecule is CC(C)(C#Cc1ccc(-c2ccc(Cl)c3c(NSCC4CC4)nn(CC(F)F)c23)c(C(Cc2cc(F)cc(F)c2)NC(=O)Cn2nc(C(F)F)c3c2C(F)(F)CC3)n1)[S+]([O-])C1CC1. The van der Waals surface area contributed by atoms with Crippen molar-refractivity contribution in [3.8, 4) is 23.0 Å². The Balaban J connectivity index is 1.28. The van der Waals surface area contributed by atoms with Crippen LogP contribution in [0.15, 0.2) is 42.5 Å². The number of pyridine rings is 1. The molecule has 2 N–H and O–H groups in total. The fourth-order valence-corrected chi connectivity index (χ4v) is 10.5. The van der Waals surface area contributed by atoms with Crippen LogP contribution < -0.4 is 10.0 Å². The highest BCUT2D eigenvalue weighted by Crippen LogP contribution is 2.45. The Morgan fingerprint density at radius 1 is 1.02 bits per heavy atom. The van der Waals surface area contributed by atoms with E-state index in [4.69, 9.17) is 16.6 Å². The Kier molecular flexibility index (Phi) is 12.7. The maximum absolute atomic E-state index is 15.1. The fraction of sp³-hybridized carbons (Fsp3) is 0.442. The highest BCUT2D eigenvalue weighted by molar-refractivity contribution is 8.00. The van der Waals surface area contributed by atoms with Gasteiger partial charge >= 0.3 is 0 Å². The molecule has 0 radical (unpaired) electrons. The number of nitrogens with one attached hydrogen (secondary N) is 2. The van der Waals surface area contributed by atoms with Gasteiger partial charge < -0.3 is 14.6 Å². The average Bonchev–Trinajstić information content (AvgIpc) is 4.13. The minimum absolute atomic E-state index is 0.00345. The number of halogens is 9. The number of aromatic nitrogens is 5. The van der Waals surface area contributed by atoms with Gasteiger partial charge in [-0.1, -0.05) is 29.6 Å². The zero-order valence-electron chi connectivity index (χ0n) is 33.8. The summed E-state index contributed by atoms with van der Waals surface area (Å²) >= 11 is 6.81. The predicted octanol–water partition coefficient (Wildman–Crippen LogP) is 10.1. The summed E-state index contributed by atoms with van der Waals surface area (Å²) in [7, 11) is 0. The van der Waals surface area contributed by atoms with Gasteiger partial charge in [-0.25, -0.2) is 31.3 Å². The van der Waals surface area contributed by atoms with E-state index < -0.39 is 89.2 Å². The van der Waals surface area contributed by atoms with E-state index in [1.165, 1.54) is 24.1 Å². The number of fused-ring (bicyclic) bond motifs is 2. The van der Waals surface area contributed by atoms with Crippen LogP contribution in [0.25, 0.3) is 22.0 Å². The van der Waals surface area contributed by atoms with E-state index in [0.717, 1.165) is 48.3 Å². The molecule has 9 nitrogen and oxygen atoms in total. The summed E-state index contributed by atoms with van der Waals surface area (Å²) in [6.45, 7) is 1.65. The molecular formula is C43H40ClF8N7O2S2. The zero-order valence-corrected chi connectivity index (χ0v) is 36.2. The quantitative estimate of drug-likeness (QED) is 0.0439. The van der Waals surface area contributed by atoms with Crippen molar-refractivity contribution in [2.45, 2.75) is 107 Å². The number of amides is 1. The van der Waals surface area contributed by atoms with Gasteiger partial charge in [0.2, 0.25) is 5.91 Å². The first-order valence-electron chi connectivity index (χ1n) is 20.2. The van der Waals surface area contributed by atoms with Crippen LogP contribution in [0.2, 0.25) is 5.02 Å². The van der Waals surface area contributed by atoms with Crippen molar-refractivity contribution in [3.05, 3.63) is 93.0 Å². The molecule has 334 valence electrons. The molecule has 5 aromatic rings. The molecule has 0 spiro atoms. The van der Waals surface area contributed by atoms with Crippen LogP contribution in [-0.4, -0.2) is 57.2 Å². The third-order valence-corrected chi connectivity index (χ3v) is 14.5. The lowest BCUT2D eigenvalue weighted by Gasteiger charge is -2.24. The molecule has 2 fully saturated rings. The molecule has 0 bridgehead atoms. The second kappa shape index (κ2) is 17.8. The van der Waals surface area contributed by atoms with Crippen molar-refractivity contribution >= 4 is 57.4 Å². The largest absolute Gasteiger partial charge is 0.615 e. The van der Waals surface area contributed by atoms with Gasteiger partial charge in [-0.05, 0) is 117 Å². The second-order valence-electron chi connectivity index (χ2n) is 16.5. The molecule has 3 heterocycles. The summed E-state index contributed by atoms with van der Waals surface area (Å²) in [5.41, 5.74) is -1.26. The van der Waals surface area contributed by atoms with Crippen LogP contribution in [0.4, 0.5) is 40.9 Å². The molecule has 0 saturated heterocycles. The van der Waals surface area contributed by atoms with E-state index in [0.29, 0.717) is 22.1 Å². The predicted molar refractivity (Wildman–Crippen MR) is 225 cm³/mol. The molecule has 20 heteroatoms. The van der Waals surface area contributed by atoms with Crippen molar-refractivity contribution < 1.29 is 44.5 Å². The van der Waals surface area contributed by atoms with Crippen LogP contribution in [0.5, 0.6) is 0 Å². The van der Waals surface area contributed by atoms with Crippen LogP contribution in [-0.2, 0) is 47.8 Å². The molecule has 3 aliphatic carbocycles. The molecule has 63 heavy (non-hydrogen) atoms. The lowest BCUT2D eigenvalue weighted by Crippen LogP contribution is -2.35. The normalized spacial score (nSPS) is 16.9. The van der Waals surface area contributed by atoms with E-state index in [2.05, 4.69) is 32.1 Å². The Bertz CT molecular complexity index is 2600. The number of benzene rings is 2. The third-order valence-electron chi connectivity index (χ3n) is 11.0. The minimum Gasteiger partial charge on any atom is -0.615 e. The first-order chi connectivity index (χ1) is 29.9. The van der Waals surface area contributed by atoms with Crippen molar-refractivity contribution in [3.63, 3.8) is 0 Å². The molecule has 8 rings (SSSR count). The second-order valence-corrected chi connectivity index (χ2v) is 20.0. The van der Waals surface area contributed by atoms with Gasteiger partial charge in [-0.2, -0.15) is 19.0 Å². The molecule has 2 atom stereocenters. The standard InChI is InChI=1S/C43H40ClF8N7O2S2/c1-42(2,63(61)27-6-7-27)13-11-26-5-8-28(29-9-10-31(44)35-38(29)58(19-33(47)48)56-41(35)57-62-21-22-3-4-22)36(53-26)32(17-23-15-24(45)18-25(46)16-23)54-34(60)20-59-39-30(12-14-43(39,51)52)37(55-59)40(49)50/h5,8-10,15-16,18,22,27,32-33,40H,3-4,6-7,12,14,17,19-21H2,1-2H3,(H,54,60)(H,56,57). The number of hydrogen-bond acceptors (Lipinski definition) is 7. The number of rotatable bonds is 16. The molecule has 2 saturated carbocycles. The summed E-state index contributed by atoms with van der Waals surface area (Å²) in [4.78, 5) is 18.9. The Morgan fingerprint density at radius 3 is 2.40 bits per heavy atom. The number of anilines is 1. The topological polar surface area (TPSA) is 113 Å². The number of carbonyl (C=O) groups is 1. The molecule has 0 aliphatic heterocycles. The number of carbonyl (C=O) groups excluding carboxylic acids is 1. The molecule has 3 aromatic heterocycles. The van der Waals surface area contributed by atoms with E-state index in [1.54, 1.807) is 26.0 Å². The first-order valence-corrected chi connectivity index (χ1v) is 22.8. The van der Waals surface area contributed by atoms with Crippen LogP contribution in [0, 0.1) is 29.4 Å². The smallest absolute Gasteiger partial charge is 0.290 e. The van der Waals surface area contributed by atoms with Crippen molar-refractivity contribution in [2.24, 2.45) is 5.92 Å². The van der Waals surface area contributed by atoms with E-state index in [-0.39, 0.29) is 68.1 Å². The van der Waals surface area contributed by atoms with Crippen LogP contribution in [0.3, 0.4) is 0 Å². The van der Waals surface area contributed by atoms with Crippen molar-refractivity contribution in [1.82, 2.24) is 29.9 Å². The Hall–Kier alpha value is -4.51. The highest BCUT2D eigenvalue weighted by Gasteiger charge is 2.47. The molecular weight excluding hydrogens is 898 g/mol. The van der Waals surface area contributed by atoms with Gasteiger partial charge in [0.05, 0.1) is 27.7 Å². The molecule has 2 aromatic carbocycles. The third kappa shape index (κ3) is 9.93. The average molecular weight is 938 g/mol. The molecule has 2 unspecified atom stereocenters. The number of alkyl halides is 6. The summed E-state index contributed by atoms with van der Waals surface area (Å²) in [5, 5.41) is 11.4. The first kappa shape index (κ1) is 45.1. The van der Waals surface area contributed by atoms with E-state index in [9.17, 15) is 35.7 Å². The number of nitrogens with zero attached hydrogens (tertiary/aromatic N) is 5. The maximum atomic E-state index is 15.1. The lowest BCUT2D eigenvalue weighted by molar-refractivity contribution is -0.122. The van der Waals surface area contributed by atoms with Crippen molar-refractivity contribution in [2.75, 3.05) is 10.5 Å². The van der Waals surface area contributed by atoms with Gasteiger partial charge in [-0.3, -0.25) is 14.2 Å². The van der Waals surface area contributed by atoms with Gasteiger partial charge in [0.1, 0.15) is 47.1 Å². The lowest BCUT2D eigenvalue weighted by atomic mass is 9.93. The highest BCUT2D eigenvalue weighted by atomic mass is 35.5. The summed E-state index contributed by atoms with van der Waals surface area (Å²) < 4.78 is 133. The van der Waals surface area contributed by atoms with Gasteiger partial charge in [0.25, 0.3) is 18.8 Å². The maximum Gasteiger partial charge on any atom is 0.290 e.